The summed E-state index contributed by atoms with van der Waals surface area (Å²) in [6.07, 6.45) is -3.23. The lowest BCUT2D eigenvalue weighted by atomic mass is 9.83. The molecule has 0 aliphatic heterocycles. The molecule has 1 aromatic heterocycles. The molecule has 0 saturated carbocycles. The van der Waals surface area contributed by atoms with E-state index in [0.717, 1.165) is 4.68 Å². The van der Waals surface area contributed by atoms with Crippen molar-refractivity contribution in [2.75, 3.05) is 0 Å². The normalized spacial score (nSPS) is 18.1. The number of alkyl halides is 3. The molecule has 0 radical (unpaired) electrons. The highest BCUT2D eigenvalue weighted by molar-refractivity contribution is 5.66. The number of hydrogen-bond donors (Lipinski definition) is 1. The lowest BCUT2D eigenvalue weighted by molar-refractivity contribution is -0.142. The molecule has 0 fully saturated rings. The third-order valence-electron chi connectivity index (χ3n) is 3.62. The molecule has 1 atom stereocenters. The highest BCUT2D eigenvalue weighted by Gasteiger charge is 2.42. The minimum atomic E-state index is -4.59. The maximum Gasteiger partial charge on any atom is 0.435 e. The number of rotatable bonds is 4. The minimum absolute atomic E-state index is 0.0146. The summed E-state index contributed by atoms with van der Waals surface area (Å²) in [5.41, 5.74) is -0.460. The number of halogens is 3. The topological polar surface area (TPSA) is 78.9 Å². The average Bonchev–Trinajstić information content (AvgIpc) is 2.76. The molecular formula is C13H14F3N3O2. The molecule has 1 unspecified atom stereocenters. The smallest absolute Gasteiger partial charge is 0.435 e. The molecule has 8 heteroatoms. The Morgan fingerprint density at radius 1 is 1.52 bits per heavy atom. The number of carboxylic acids is 1. The molecule has 1 aliphatic carbocycles. The predicted octanol–water partition coefficient (Wildman–Crippen LogP) is 2.71. The summed E-state index contributed by atoms with van der Waals surface area (Å²) in [5.74, 6) is -1.56. The molecule has 0 spiro atoms. The van der Waals surface area contributed by atoms with Gasteiger partial charge in [0.05, 0.1) is 19.0 Å². The molecule has 0 amide bonds. The molecule has 5 nitrogen and oxygen atoms in total. The second-order valence-electron chi connectivity index (χ2n) is 5.03. The second kappa shape index (κ2) is 5.76. The maximum atomic E-state index is 13.1. The van der Waals surface area contributed by atoms with E-state index in [2.05, 4.69) is 5.10 Å². The predicted molar refractivity (Wildman–Crippen MR) is 65.4 cm³/mol. The van der Waals surface area contributed by atoms with Gasteiger partial charge in [-0.15, -0.1) is 0 Å². The van der Waals surface area contributed by atoms with Crippen molar-refractivity contribution >= 4 is 5.97 Å². The summed E-state index contributed by atoms with van der Waals surface area (Å²) in [7, 11) is 0. The van der Waals surface area contributed by atoms with E-state index >= 15 is 0 Å². The summed E-state index contributed by atoms with van der Waals surface area (Å²) in [5, 5.41) is 21.0. The van der Waals surface area contributed by atoms with Crippen LogP contribution in [-0.2, 0) is 23.9 Å². The van der Waals surface area contributed by atoms with Crippen LogP contribution in [0.1, 0.15) is 48.6 Å². The first kappa shape index (κ1) is 15.4. The molecule has 1 aromatic rings. The van der Waals surface area contributed by atoms with Gasteiger partial charge in [0, 0.05) is 23.6 Å². The Hall–Kier alpha value is -2.04. The zero-order valence-corrected chi connectivity index (χ0v) is 11.2. The highest BCUT2D eigenvalue weighted by atomic mass is 19.4. The Balaban J connectivity index is 2.46. The number of carboxylic acid groups (broad SMARTS) is 1. The molecule has 1 aliphatic rings. The van der Waals surface area contributed by atoms with Crippen molar-refractivity contribution in [3.8, 4) is 6.07 Å². The molecule has 0 saturated heterocycles. The lowest BCUT2D eigenvalue weighted by Crippen LogP contribution is -2.16. The van der Waals surface area contributed by atoms with Crippen molar-refractivity contribution in [1.29, 1.82) is 5.26 Å². The second-order valence-corrected chi connectivity index (χ2v) is 5.03. The number of nitrogens with zero attached hydrogens (tertiary/aromatic N) is 3. The maximum absolute atomic E-state index is 13.1. The van der Waals surface area contributed by atoms with Gasteiger partial charge in [0.25, 0.3) is 0 Å². The van der Waals surface area contributed by atoms with Crippen LogP contribution in [0.3, 0.4) is 0 Å². The third-order valence-corrected chi connectivity index (χ3v) is 3.62. The summed E-state index contributed by atoms with van der Waals surface area (Å²) in [6, 6.07) is 1.92. The van der Waals surface area contributed by atoms with Gasteiger partial charge in [0.15, 0.2) is 5.69 Å². The Morgan fingerprint density at radius 2 is 2.24 bits per heavy atom. The Bertz CT molecular complexity index is 587. The van der Waals surface area contributed by atoms with E-state index < -0.39 is 23.8 Å². The fourth-order valence-electron chi connectivity index (χ4n) is 2.77. The van der Waals surface area contributed by atoms with Gasteiger partial charge in [0.1, 0.15) is 0 Å². The molecule has 114 valence electrons. The molecule has 1 N–H and O–H groups in total. The van der Waals surface area contributed by atoms with Crippen molar-refractivity contribution < 1.29 is 23.1 Å². The van der Waals surface area contributed by atoms with Gasteiger partial charge in [-0.05, 0) is 19.3 Å². The molecule has 0 bridgehead atoms. The van der Waals surface area contributed by atoms with Gasteiger partial charge < -0.3 is 5.11 Å². The summed E-state index contributed by atoms with van der Waals surface area (Å²) in [6.45, 7) is -0.0903. The van der Waals surface area contributed by atoms with E-state index in [9.17, 15) is 18.0 Å². The number of aromatic nitrogens is 2. The molecule has 21 heavy (non-hydrogen) atoms. The number of carbonyl (C=O) groups is 1. The van der Waals surface area contributed by atoms with Gasteiger partial charge in [0.2, 0.25) is 0 Å². The Morgan fingerprint density at radius 3 is 2.81 bits per heavy atom. The molecular weight excluding hydrogens is 287 g/mol. The fraction of sp³-hybridized carbons (Fsp3) is 0.615. The van der Waals surface area contributed by atoms with Gasteiger partial charge in [-0.1, -0.05) is 0 Å². The van der Waals surface area contributed by atoms with Crippen LogP contribution in [0.25, 0.3) is 0 Å². The van der Waals surface area contributed by atoms with Crippen LogP contribution in [0.4, 0.5) is 13.2 Å². The van der Waals surface area contributed by atoms with Gasteiger partial charge >= 0.3 is 12.1 Å². The van der Waals surface area contributed by atoms with E-state index in [4.69, 9.17) is 10.4 Å². The van der Waals surface area contributed by atoms with E-state index in [1.807, 2.05) is 6.07 Å². The molecule has 1 heterocycles. The van der Waals surface area contributed by atoms with Crippen molar-refractivity contribution in [2.45, 2.75) is 50.7 Å². The van der Waals surface area contributed by atoms with E-state index in [-0.39, 0.29) is 24.9 Å². The van der Waals surface area contributed by atoms with Crippen molar-refractivity contribution in [1.82, 2.24) is 9.78 Å². The first-order chi connectivity index (χ1) is 9.84. The number of aryl methyl sites for hydroxylation is 1. The van der Waals surface area contributed by atoms with Crippen molar-refractivity contribution in [3.05, 3.63) is 17.0 Å². The molecule has 2 rings (SSSR count). The summed E-state index contributed by atoms with van der Waals surface area (Å²) in [4.78, 5) is 10.6. The highest BCUT2D eigenvalue weighted by Crippen LogP contribution is 2.42. The van der Waals surface area contributed by atoms with Crippen LogP contribution in [0, 0.1) is 11.3 Å². The SMILES string of the molecule is N#CCC1CCCc2c1c(C(F)(F)F)nn2CCC(=O)O. The zero-order chi connectivity index (χ0) is 15.6. The number of aliphatic carboxylic acids is 1. The van der Waals surface area contributed by atoms with Crippen LogP contribution < -0.4 is 0 Å². The Kier molecular flexibility index (Phi) is 4.21. The van der Waals surface area contributed by atoms with E-state index in [1.165, 1.54) is 0 Å². The number of nitriles is 1. The van der Waals surface area contributed by atoms with Crippen LogP contribution in [0.5, 0.6) is 0 Å². The van der Waals surface area contributed by atoms with Gasteiger partial charge in [-0.2, -0.15) is 23.5 Å². The summed E-state index contributed by atoms with van der Waals surface area (Å²) < 4.78 is 40.5. The lowest BCUT2D eigenvalue weighted by Gasteiger charge is -2.22. The monoisotopic (exact) mass is 301 g/mol. The van der Waals surface area contributed by atoms with Crippen LogP contribution in [0.15, 0.2) is 0 Å². The average molecular weight is 301 g/mol. The van der Waals surface area contributed by atoms with Crippen LogP contribution in [0.2, 0.25) is 0 Å². The number of hydrogen-bond acceptors (Lipinski definition) is 3. The summed E-state index contributed by atoms with van der Waals surface area (Å²) >= 11 is 0. The van der Waals surface area contributed by atoms with Crippen LogP contribution >= 0.6 is 0 Å². The van der Waals surface area contributed by atoms with Crippen molar-refractivity contribution in [2.24, 2.45) is 0 Å². The third kappa shape index (κ3) is 3.17. The Labute approximate surface area is 119 Å². The van der Waals surface area contributed by atoms with Crippen molar-refractivity contribution in [3.63, 3.8) is 0 Å². The van der Waals surface area contributed by atoms with Gasteiger partial charge in [-0.25, -0.2) is 0 Å². The fourth-order valence-corrected chi connectivity index (χ4v) is 2.77. The molecule has 0 aromatic carbocycles. The van der Waals surface area contributed by atoms with E-state index in [1.54, 1.807) is 0 Å². The first-order valence-corrected chi connectivity index (χ1v) is 6.60. The minimum Gasteiger partial charge on any atom is -0.481 e. The standard InChI is InChI=1S/C13H14F3N3O2/c14-13(15,16)12-11-8(4-6-17)2-1-3-9(11)19(18-12)7-5-10(20)21/h8H,1-5,7H2,(H,20,21). The van der Waals surface area contributed by atoms with Crippen LogP contribution in [-0.4, -0.2) is 20.9 Å². The van der Waals surface area contributed by atoms with Gasteiger partial charge in [-0.3, -0.25) is 9.48 Å². The number of fused-ring (bicyclic) bond motifs is 1. The largest absolute Gasteiger partial charge is 0.481 e. The van der Waals surface area contributed by atoms with E-state index in [0.29, 0.717) is 25.0 Å². The quantitative estimate of drug-likeness (QED) is 0.927. The first-order valence-electron chi connectivity index (χ1n) is 6.60. The zero-order valence-electron chi connectivity index (χ0n) is 11.2.